The summed E-state index contributed by atoms with van der Waals surface area (Å²) in [5, 5.41) is 0. The first-order valence-electron chi connectivity index (χ1n) is 9.31. The van der Waals surface area contributed by atoms with Crippen LogP contribution in [0.4, 0.5) is 11.4 Å². The van der Waals surface area contributed by atoms with Gasteiger partial charge in [0.1, 0.15) is 0 Å². The summed E-state index contributed by atoms with van der Waals surface area (Å²) < 4.78 is 0. The lowest BCUT2D eigenvalue weighted by molar-refractivity contribution is 0.585. The van der Waals surface area contributed by atoms with Crippen LogP contribution in [0.2, 0.25) is 0 Å². The average Bonchev–Trinajstić information content (AvgIpc) is 2.71. The van der Waals surface area contributed by atoms with Gasteiger partial charge in [-0.3, -0.25) is 0 Å². The van der Waals surface area contributed by atoms with Crippen LogP contribution in [0, 0.1) is 0 Å². The van der Waals surface area contributed by atoms with Crippen molar-refractivity contribution >= 4 is 11.4 Å². The van der Waals surface area contributed by atoms with E-state index in [1.165, 1.54) is 11.1 Å². The molecule has 3 aromatic carbocycles. The van der Waals surface area contributed by atoms with Crippen molar-refractivity contribution in [2.75, 3.05) is 4.90 Å². The van der Waals surface area contributed by atoms with E-state index in [9.17, 15) is 0 Å². The van der Waals surface area contributed by atoms with Crippen molar-refractivity contribution in [3.63, 3.8) is 0 Å². The lowest BCUT2D eigenvalue weighted by Gasteiger charge is -2.31. The standard InChI is InChI=1S/C25H24N2/c1-25(26)18-16-24(17-19-25)27(22-10-6-3-7-11-22)23-14-12-21(13-15-23)20-8-4-2-5-9-20/h2-18H,19,26H2,1H3. The molecule has 1 aliphatic carbocycles. The second-order valence-electron chi connectivity index (χ2n) is 7.26. The minimum atomic E-state index is -0.275. The van der Waals surface area contributed by atoms with Gasteiger partial charge in [0, 0.05) is 22.6 Å². The molecule has 0 aromatic heterocycles. The molecule has 1 aliphatic rings. The highest BCUT2D eigenvalue weighted by Crippen LogP contribution is 2.34. The lowest BCUT2D eigenvalue weighted by atomic mass is 9.93. The molecule has 0 amide bonds. The SMILES string of the molecule is CC1(N)C=CC(N(c2ccccc2)c2ccc(-c3ccccc3)cc2)=CC1. The van der Waals surface area contributed by atoms with Crippen LogP contribution in [0.3, 0.4) is 0 Å². The lowest BCUT2D eigenvalue weighted by Crippen LogP contribution is -2.35. The minimum Gasteiger partial charge on any atom is -0.322 e. The van der Waals surface area contributed by atoms with Crippen LogP contribution in [0.15, 0.2) is 109 Å². The summed E-state index contributed by atoms with van der Waals surface area (Å²) in [7, 11) is 0. The Balaban J connectivity index is 1.72. The molecule has 27 heavy (non-hydrogen) atoms. The Bertz CT molecular complexity index is 952. The van der Waals surface area contributed by atoms with Crippen molar-refractivity contribution in [3.8, 4) is 11.1 Å². The smallest absolute Gasteiger partial charge is 0.0461 e. The van der Waals surface area contributed by atoms with Gasteiger partial charge in [-0.05, 0) is 54.8 Å². The molecule has 0 radical (unpaired) electrons. The summed E-state index contributed by atoms with van der Waals surface area (Å²) in [6, 6.07) is 29.6. The Morgan fingerprint density at radius 3 is 1.89 bits per heavy atom. The van der Waals surface area contributed by atoms with Gasteiger partial charge >= 0.3 is 0 Å². The average molecular weight is 352 g/mol. The van der Waals surface area contributed by atoms with Gasteiger partial charge in [0.25, 0.3) is 0 Å². The summed E-state index contributed by atoms with van der Waals surface area (Å²) in [5.74, 6) is 0. The Morgan fingerprint density at radius 1 is 0.741 bits per heavy atom. The van der Waals surface area contributed by atoms with Gasteiger partial charge in [-0.2, -0.15) is 0 Å². The molecule has 0 aliphatic heterocycles. The number of nitrogens with two attached hydrogens (primary N) is 1. The first-order chi connectivity index (χ1) is 13.1. The van der Waals surface area contributed by atoms with Gasteiger partial charge in [0.15, 0.2) is 0 Å². The molecule has 0 bridgehead atoms. The number of nitrogens with zero attached hydrogens (tertiary/aromatic N) is 1. The Morgan fingerprint density at radius 2 is 1.30 bits per heavy atom. The van der Waals surface area contributed by atoms with E-state index in [0.717, 1.165) is 23.5 Å². The molecule has 2 N–H and O–H groups in total. The minimum absolute atomic E-state index is 0.275. The first kappa shape index (κ1) is 17.3. The molecular weight excluding hydrogens is 328 g/mol. The number of hydrogen-bond donors (Lipinski definition) is 1. The van der Waals surface area contributed by atoms with Crippen LogP contribution in [-0.4, -0.2) is 5.54 Å². The van der Waals surface area contributed by atoms with E-state index >= 15 is 0 Å². The summed E-state index contributed by atoms with van der Waals surface area (Å²) in [6.07, 6.45) is 7.26. The molecule has 0 saturated carbocycles. The predicted octanol–water partition coefficient (Wildman–Crippen LogP) is 6.05. The third kappa shape index (κ3) is 3.86. The van der Waals surface area contributed by atoms with Crippen LogP contribution >= 0.6 is 0 Å². The Labute approximate surface area is 161 Å². The van der Waals surface area contributed by atoms with Gasteiger partial charge in [0.05, 0.1) is 0 Å². The molecule has 4 rings (SSSR count). The number of anilines is 2. The second-order valence-corrected chi connectivity index (χ2v) is 7.26. The molecule has 3 aromatic rings. The number of allylic oxidation sites excluding steroid dienone is 1. The fourth-order valence-corrected chi connectivity index (χ4v) is 3.36. The van der Waals surface area contributed by atoms with E-state index in [2.05, 4.69) is 103 Å². The third-order valence-electron chi connectivity index (χ3n) is 4.89. The largest absolute Gasteiger partial charge is 0.322 e. The second kappa shape index (κ2) is 7.26. The number of benzene rings is 3. The molecule has 0 spiro atoms. The van der Waals surface area contributed by atoms with Gasteiger partial charge in [-0.25, -0.2) is 0 Å². The molecule has 0 fully saturated rings. The Hall–Kier alpha value is -3.10. The highest BCUT2D eigenvalue weighted by molar-refractivity contribution is 5.73. The van der Waals surface area contributed by atoms with E-state index in [1.807, 2.05) is 12.1 Å². The molecule has 1 unspecified atom stereocenters. The van der Waals surface area contributed by atoms with Gasteiger partial charge in [0.2, 0.25) is 0 Å². The molecule has 2 heteroatoms. The van der Waals surface area contributed by atoms with E-state index < -0.39 is 0 Å². The van der Waals surface area contributed by atoms with Gasteiger partial charge in [-0.1, -0.05) is 72.8 Å². The highest BCUT2D eigenvalue weighted by Gasteiger charge is 2.21. The summed E-state index contributed by atoms with van der Waals surface area (Å²) >= 11 is 0. The van der Waals surface area contributed by atoms with Crippen molar-refractivity contribution in [1.82, 2.24) is 0 Å². The fourth-order valence-electron chi connectivity index (χ4n) is 3.36. The summed E-state index contributed by atoms with van der Waals surface area (Å²) in [4.78, 5) is 2.28. The zero-order valence-corrected chi connectivity index (χ0v) is 15.5. The van der Waals surface area contributed by atoms with E-state index in [1.54, 1.807) is 0 Å². The highest BCUT2D eigenvalue weighted by atomic mass is 15.1. The first-order valence-corrected chi connectivity index (χ1v) is 9.31. The molecule has 2 nitrogen and oxygen atoms in total. The molecule has 0 saturated heterocycles. The van der Waals surface area contributed by atoms with Crippen molar-refractivity contribution in [1.29, 1.82) is 0 Å². The maximum absolute atomic E-state index is 6.25. The van der Waals surface area contributed by atoms with Crippen molar-refractivity contribution in [2.45, 2.75) is 18.9 Å². The molecule has 0 heterocycles. The topological polar surface area (TPSA) is 29.3 Å². The molecular formula is C25H24N2. The van der Waals surface area contributed by atoms with Crippen LogP contribution in [0.25, 0.3) is 11.1 Å². The quantitative estimate of drug-likeness (QED) is 0.619. The maximum Gasteiger partial charge on any atom is 0.0461 e. The summed E-state index contributed by atoms with van der Waals surface area (Å²) in [6.45, 7) is 2.05. The van der Waals surface area contributed by atoms with Crippen LogP contribution < -0.4 is 10.6 Å². The predicted molar refractivity (Wildman–Crippen MR) is 115 cm³/mol. The van der Waals surface area contributed by atoms with Crippen LogP contribution in [0.1, 0.15) is 13.3 Å². The third-order valence-corrected chi connectivity index (χ3v) is 4.89. The Kier molecular flexibility index (Phi) is 4.66. The maximum atomic E-state index is 6.25. The van der Waals surface area contributed by atoms with Crippen molar-refractivity contribution in [3.05, 3.63) is 109 Å². The number of rotatable bonds is 4. The van der Waals surface area contributed by atoms with Crippen LogP contribution in [-0.2, 0) is 0 Å². The molecule has 134 valence electrons. The van der Waals surface area contributed by atoms with Gasteiger partial charge in [-0.15, -0.1) is 0 Å². The zero-order valence-electron chi connectivity index (χ0n) is 15.5. The summed E-state index contributed by atoms with van der Waals surface area (Å²) in [5.41, 5.74) is 11.8. The van der Waals surface area contributed by atoms with Crippen molar-refractivity contribution in [2.24, 2.45) is 5.73 Å². The molecule has 1 atom stereocenters. The van der Waals surface area contributed by atoms with Gasteiger partial charge < -0.3 is 10.6 Å². The monoisotopic (exact) mass is 352 g/mol. The van der Waals surface area contributed by atoms with E-state index in [-0.39, 0.29) is 5.54 Å². The number of hydrogen-bond acceptors (Lipinski definition) is 2. The van der Waals surface area contributed by atoms with Crippen LogP contribution in [0.5, 0.6) is 0 Å². The van der Waals surface area contributed by atoms with E-state index in [4.69, 9.17) is 5.73 Å². The zero-order chi connectivity index (χ0) is 18.7. The normalized spacial score (nSPS) is 18.8. The number of para-hydroxylation sites is 1. The van der Waals surface area contributed by atoms with E-state index in [0.29, 0.717) is 0 Å². The fraction of sp³-hybridized carbons (Fsp3) is 0.120. The van der Waals surface area contributed by atoms with Crippen molar-refractivity contribution < 1.29 is 0 Å².